The monoisotopic (exact) mass is 296 g/mol. The fourth-order valence-corrected chi connectivity index (χ4v) is 2.63. The number of unbranched alkanes of at least 4 members (excludes halogenated alkanes) is 3. The molecule has 0 atom stereocenters. The van der Waals surface area contributed by atoms with E-state index in [2.05, 4.69) is 11.6 Å². The second kappa shape index (κ2) is 9.77. The van der Waals surface area contributed by atoms with Crippen LogP contribution in [0.1, 0.15) is 36.8 Å². The zero-order chi connectivity index (χ0) is 14.8. The Bertz CT molecular complexity index is 424. The zero-order valence-corrected chi connectivity index (χ0v) is 13.2. The first-order chi connectivity index (χ1) is 9.66. The van der Waals surface area contributed by atoms with Crippen LogP contribution in [0.15, 0.2) is 18.2 Å². The van der Waals surface area contributed by atoms with E-state index >= 15 is 0 Å². The second-order valence-corrected chi connectivity index (χ2v) is 5.89. The third kappa shape index (κ3) is 5.92. The van der Waals surface area contributed by atoms with Gasteiger partial charge in [-0.3, -0.25) is 10.1 Å². The van der Waals surface area contributed by atoms with Gasteiger partial charge < -0.3 is 5.32 Å². The van der Waals surface area contributed by atoms with E-state index in [1.165, 1.54) is 31.4 Å². The van der Waals surface area contributed by atoms with Crippen molar-refractivity contribution in [3.8, 4) is 0 Å². The van der Waals surface area contributed by atoms with Crippen molar-refractivity contribution in [2.75, 3.05) is 18.6 Å². The SMILES string of the molecule is CSCCCCCCNCc1cccc([N+](=O)[O-])c1C. The summed E-state index contributed by atoms with van der Waals surface area (Å²) >= 11 is 1.90. The number of hydrogen-bond acceptors (Lipinski definition) is 4. The standard InChI is InChI=1S/C15H24N2O2S/c1-13-14(8-7-9-15(13)17(18)19)12-16-10-5-3-4-6-11-20-2/h7-9,16H,3-6,10-12H2,1-2H3. The van der Waals surface area contributed by atoms with Gasteiger partial charge in [-0.15, -0.1) is 0 Å². The Morgan fingerprint density at radius 2 is 2.00 bits per heavy atom. The van der Waals surface area contributed by atoms with Gasteiger partial charge in [0.15, 0.2) is 0 Å². The van der Waals surface area contributed by atoms with E-state index < -0.39 is 0 Å². The summed E-state index contributed by atoms with van der Waals surface area (Å²) in [5.41, 5.74) is 1.99. The maximum absolute atomic E-state index is 10.9. The number of rotatable bonds is 10. The lowest BCUT2D eigenvalue weighted by Gasteiger charge is -2.08. The van der Waals surface area contributed by atoms with Crippen LogP contribution in [-0.2, 0) is 6.54 Å². The smallest absolute Gasteiger partial charge is 0.272 e. The molecule has 1 aromatic rings. The van der Waals surface area contributed by atoms with Crippen LogP contribution < -0.4 is 5.32 Å². The van der Waals surface area contributed by atoms with Gasteiger partial charge in [-0.1, -0.05) is 25.0 Å². The molecule has 1 rings (SSSR count). The summed E-state index contributed by atoms with van der Waals surface area (Å²) in [6.07, 6.45) is 7.15. The number of nitro benzene ring substituents is 1. The molecule has 0 aliphatic heterocycles. The largest absolute Gasteiger partial charge is 0.313 e. The molecular formula is C15H24N2O2S. The van der Waals surface area contributed by atoms with E-state index in [4.69, 9.17) is 0 Å². The summed E-state index contributed by atoms with van der Waals surface area (Å²) in [4.78, 5) is 10.5. The lowest BCUT2D eigenvalue weighted by atomic mass is 10.1. The Morgan fingerprint density at radius 3 is 2.70 bits per heavy atom. The minimum Gasteiger partial charge on any atom is -0.313 e. The van der Waals surface area contributed by atoms with Crippen LogP contribution in [-0.4, -0.2) is 23.5 Å². The van der Waals surface area contributed by atoms with Crippen molar-refractivity contribution >= 4 is 17.4 Å². The predicted molar refractivity (Wildman–Crippen MR) is 86.4 cm³/mol. The minimum absolute atomic E-state index is 0.210. The summed E-state index contributed by atoms with van der Waals surface area (Å²) in [6.45, 7) is 3.50. The average Bonchev–Trinajstić information content (AvgIpc) is 2.43. The first-order valence-electron chi connectivity index (χ1n) is 7.09. The summed E-state index contributed by atoms with van der Waals surface area (Å²) < 4.78 is 0. The highest BCUT2D eigenvalue weighted by molar-refractivity contribution is 7.98. The Hall–Kier alpha value is -1.07. The molecule has 5 heteroatoms. The number of nitrogens with zero attached hydrogens (tertiary/aromatic N) is 1. The molecule has 0 heterocycles. The molecule has 112 valence electrons. The zero-order valence-electron chi connectivity index (χ0n) is 12.4. The van der Waals surface area contributed by atoms with E-state index in [0.717, 1.165) is 17.7 Å². The topological polar surface area (TPSA) is 55.2 Å². The molecule has 0 aromatic heterocycles. The molecule has 4 nitrogen and oxygen atoms in total. The molecule has 0 saturated heterocycles. The number of hydrogen-bond donors (Lipinski definition) is 1. The molecule has 0 unspecified atom stereocenters. The van der Waals surface area contributed by atoms with Crippen molar-refractivity contribution < 1.29 is 4.92 Å². The Balaban J connectivity index is 2.25. The van der Waals surface area contributed by atoms with Gasteiger partial charge in [0, 0.05) is 18.2 Å². The van der Waals surface area contributed by atoms with Crippen molar-refractivity contribution in [1.82, 2.24) is 5.32 Å². The van der Waals surface area contributed by atoms with Crippen molar-refractivity contribution in [1.29, 1.82) is 0 Å². The molecule has 0 spiro atoms. The van der Waals surface area contributed by atoms with Crippen LogP contribution in [0.5, 0.6) is 0 Å². The van der Waals surface area contributed by atoms with Gasteiger partial charge in [0.2, 0.25) is 0 Å². The highest BCUT2D eigenvalue weighted by atomic mass is 32.2. The molecule has 0 aliphatic rings. The van der Waals surface area contributed by atoms with E-state index in [9.17, 15) is 10.1 Å². The predicted octanol–water partition coefficient (Wildman–Crippen LogP) is 3.92. The van der Waals surface area contributed by atoms with Crippen LogP contribution in [0.3, 0.4) is 0 Å². The lowest BCUT2D eigenvalue weighted by Crippen LogP contribution is -2.15. The first-order valence-corrected chi connectivity index (χ1v) is 8.48. The van der Waals surface area contributed by atoms with Crippen molar-refractivity contribution in [3.05, 3.63) is 39.4 Å². The van der Waals surface area contributed by atoms with Crippen LogP contribution in [0.4, 0.5) is 5.69 Å². The summed E-state index contributed by atoms with van der Waals surface area (Å²) in [6, 6.07) is 5.27. The molecule has 0 fully saturated rings. The molecule has 0 amide bonds. The highest BCUT2D eigenvalue weighted by Gasteiger charge is 2.12. The molecule has 0 radical (unpaired) electrons. The van der Waals surface area contributed by atoms with E-state index in [-0.39, 0.29) is 10.6 Å². The summed E-state index contributed by atoms with van der Waals surface area (Å²) in [7, 11) is 0. The average molecular weight is 296 g/mol. The van der Waals surface area contributed by atoms with Crippen LogP contribution in [0.25, 0.3) is 0 Å². The minimum atomic E-state index is -0.315. The number of nitro groups is 1. The van der Waals surface area contributed by atoms with Gasteiger partial charge in [0.25, 0.3) is 5.69 Å². The van der Waals surface area contributed by atoms with Crippen molar-refractivity contribution in [2.45, 2.75) is 39.2 Å². The van der Waals surface area contributed by atoms with Gasteiger partial charge in [-0.25, -0.2) is 0 Å². The van der Waals surface area contributed by atoms with E-state index in [1.54, 1.807) is 12.1 Å². The Morgan fingerprint density at radius 1 is 1.25 bits per heavy atom. The van der Waals surface area contributed by atoms with Gasteiger partial charge in [0.1, 0.15) is 0 Å². The van der Waals surface area contributed by atoms with E-state index in [1.807, 2.05) is 24.8 Å². The Kier molecular flexibility index (Phi) is 8.30. The third-order valence-corrected chi connectivity index (χ3v) is 4.08. The summed E-state index contributed by atoms with van der Waals surface area (Å²) in [5, 5.41) is 14.2. The lowest BCUT2D eigenvalue weighted by molar-refractivity contribution is -0.385. The molecular weight excluding hydrogens is 272 g/mol. The third-order valence-electron chi connectivity index (χ3n) is 3.38. The van der Waals surface area contributed by atoms with Crippen LogP contribution in [0.2, 0.25) is 0 Å². The molecule has 0 saturated carbocycles. The summed E-state index contributed by atoms with van der Waals surface area (Å²) in [5.74, 6) is 1.25. The van der Waals surface area contributed by atoms with Gasteiger partial charge in [-0.2, -0.15) is 11.8 Å². The fraction of sp³-hybridized carbons (Fsp3) is 0.600. The number of thioether (sulfide) groups is 1. The maximum Gasteiger partial charge on any atom is 0.272 e. The van der Waals surface area contributed by atoms with Gasteiger partial charge in [0.05, 0.1) is 4.92 Å². The highest BCUT2D eigenvalue weighted by Crippen LogP contribution is 2.20. The molecule has 0 aliphatic carbocycles. The number of benzene rings is 1. The van der Waals surface area contributed by atoms with Crippen molar-refractivity contribution in [3.63, 3.8) is 0 Å². The molecule has 1 N–H and O–H groups in total. The Labute approximate surface area is 125 Å². The molecule has 20 heavy (non-hydrogen) atoms. The van der Waals surface area contributed by atoms with Crippen LogP contribution in [0, 0.1) is 17.0 Å². The van der Waals surface area contributed by atoms with Crippen LogP contribution >= 0.6 is 11.8 Å². The van der Waals surface area contributed by atoms with Gasteiger partial charge >= 0.3 is 0 Å². The number of nitrogens with one attached hydrogen (secondary N) is 1. The normalized spacial score (nSPS) is 10.7. The second-order valence-electron chi connectivity index (χ2n) is 4.90. The quantitative estimate of drug-likeness (QED) is 0.404. The maximum atomic E-state index is 10.9. The molecule has 0 bridgehead atoms. The van der Waals surface area contributed by atoms with Gasteiger partial charge in [-0.05, 0) is 43.9 Å². The van der Waals surface area contributed by atoms with E-state index in [0.29, 0.717) is 6.54 Å². The fourth-order valence-electron chi connectivity index (χ4n) is 2.13. The first kappa shape index (κ1) is 17.0. The molecule has 1 aromatic carbocycles. The van der Waals surface area contributed by atoms with Crippen molar-refractivity contribution in [2.24, 2.45) is 0 Å².